The molecule has 0 unspecified atom stereocenters. The lowest BCUT2D eigenvalue weighted by Gasteiger charge is -2.38. The number of anilines is 1. The number of carbonyl (C=O) groups excluding carboxylic acids is 3. The van der Waals surface area contributed by atoms with Crippen LogP contribution in [0.2, 0.25) is 0 Å². The summed E-state index contributed by atoms with van der Waals surface area (Å²) in [4.78, 5) is 38.1. The van der Waals surface area contributed by atoms with Crippen molar-refractivity contribution in [3.8, 4) is 0 Å². The van der Waals surface area contributed by atoms with Gasteiger partial charge >= 0.3 is 0 Å². The summed E-state index contributed by atoms with van der Waals surface area (Å²) < 4.78 is 4.87. The van der Waals surface area contributed by atoms with Crippen LogP contribution in [0.1, 0.15) is 41.6 Å². The molecule has 1 aromatic carbocycles. The molecule has 3 rings (SSSR count). The fraction of sp³-hybridized carbons (Fsp3) is 0.316. The third-order valence-electron chi connectivity index (χ3n) is 4.61. The Morgan fingerprint density at radius 1 is 1.27 bits per heavy atom. The number of furan rings is 1. The first-order chi connectivity index (χ1) is 12.5. The van der Waals surface area contributed by atoms with Gasteiger partial charge in [0.05, 0.1) is 17.7 Å². The molecular formula is C19H21N3O4. The molecule has 2 aromatic rings. The molecule has 1 aliphatic rings. The molecule has 0 fully saturated rings. The van der Waals surface area contributed by atoms with Crippen molar-refractivity contribution in [2.24, 2.45) is 5.73 Å². The minimum absolute atomic E-state index is 0.111. The Balaban J connectivity index is 1.69. The van der Waals surface area contributed by atoms with E-state index in [4.69, 9.17) is 10.2 Å². The number of fused-ring (bicyclic) bond motifs is 1. The van der Waals surface area contributed by atoms with Crippen LogP contribution in [-0.4, -0.2) is 30.3 Å². The van der Waals surface area contributed by atoms with Crippen LogP contribution >= 0.6 is 0 Å². The summed E-state index contributed by atoms with van der Waals surface area (Å²) in [6.45, 7) is 2.11. The number of amides is 3. The Hall–Kier alpha value is -3.09. The van der Waals surface area contributed by atoms with Crippen molar-refractivity contribution >= 4 is 23.4 Å². The van der Waals surface area contributed by atoms with Crippen molar-refractivity contribution in [3.05, 3.63) is 54.0 Å². The van der Waals surface area contributed by atoms with Crippen LogP contribution in [0.5, 0.6) is 0 Å². The normalized spacial score (nSPS) is 18.9. The molecule has 2 atom stereocenters. The minimum atomic E-state index is -0.397. The van der Waals surface area contributed by atoms with Crippen molar-refractivity contribution in [2.45, 2.75) is 31.7 Å². The number of hydrogen-bond donors (Lipinski definition) is 2. The van der Waals surface area contributed by atoms with Crippen LogP contribution in [0.25, 0.3) is 0 Å². The fourth-order valence-electron chi connectivity index (χ4n) is 3.36. The molecular weight excluding hydrogens is 334 g/mol. The third-order valence-corrected chi connectivity index (χ3v) is 4.61. The smallest absolute Gasteiger partial charge is 0.254 e. The molecule has 3 N–H and O–H groups in total. The summed E-state index contributed by atoms with van der Waals surface area (Å²) in [7, 11) is 0. The van der Waals surface area contributed by atoms with E-state index in [1.165, 1.54) is 12.5 Å². The van der Waals surface area contributed by atoms with Crippen molar-refractivity contribution < 1.29 is 18.8 Å². The number of para-hydroxylation sites is 1. The average molecular weight is 355 g/mol. The third kappa shape index (κ3) is 3.46. The lowest BCUT2D eigenvalue weighted by molar-refractivity contribution is -0.121. The summed E-state index contributed by atoms with van der Waals surface area (Å²) in [5.41, 5.74) is 7.42. The zero-order valence-corrected chi connectivity index (χ0v) is 14.5. The molecule has 3 amide bonds. The van der Waals surface area contributed by atoms with E-state index in [1.54, 1.807) is 11.0 Å². The average Bonchev–Trinajstić information content (AvgIpc) is 3.15. The van der Waals surface area contributed by atoms with Gasteiger partial charge in [-0.25, -0.2) is 0 Å². The largest absolute Gasteiger partial charge is 0.472 e. The summed E-state index contributed by atoms with van der Waals surface area (Å²) in [6.07, 6.45) is 3.41. The molecule has 1 aromatic heterocycles. The molecule has 7 nitrogen and oxygen atoms in total. The minimum Gasteiger partial charge on any atom is -0.472 e. The zero-order chi connectivity index (χ0) is 18.7. The maximum atomic E-state index is 12.8. The highest BCUT2D eigenvalue weighted by Gasteiger charge is 2.35. The number of nitrogens with two attached hydrogens (primary N) is 1. The molecule has 0 saturated carbocycles. The molecule has 2 heterocycles. The highest BCUT2D eigenvalue weighted by Crippen LogP contribution is 2.38. The summed E-state index contributed by atoms with van der Waals surface area (Å²) in [5, 5.41) is 2.70. The predicted octanol–water partition coefficient (Wildman–Crippen LogP) is 1.79. The van der Waals surface area contributed by atoms with Crippen LogP contribution in [0.4, 0.5) is 5.69 Å². The van der Waals surface area contributed by atoms with E-state index in [2.05, 4.69) is 5.32 Å². The summed E-state index contributed by atoms with van der Waals surface area (Å²) in [6, 6.07) is 8.72. The molecule has 0 saturated heterocycles. The second-order valence-electron chi connectivity index (χ2n) is 6.38. The Morgan fingerprint density at radius 2 is 2.04 bits per heavy atom. The van der Waals surface area contributed by atoms with E-state index >= 15 is 0 Å². The SMILES string of the molecule is C[C@H]1C[C@@H](C(N)=O)c2ccccc2N1C(=O)CCNC(=O)c1ccoc1. The maximum Gasteiger partial charge on any atom is 0.254 e. The summed E-state index contributed by atoms with van der Waals surface area (Å²) >= 11 is 0. The van der Waals surface area contributed by atoms with E-state index in [9.17, 15) is 14.4 Å². The highest BCUT2D eigenvalue weighted by molar-refractivity contribution is 5.98. The van der Waals surface area contributed by atoms with Gasteiger partial charge in [0, 0.05) is 24.7 Å². The number of nitrogens with one attached hydrogen (secondary N) is 1. The lowest BCUT2D eigenvalue weighted by Crippen LogP contribution is -2.46. The fourth-order valence-corrected chi connectivity index (χ4v) is 3.36. The maximum absolute atomic E-state index is 12.8. The molecule has 0 bridgehead atoms. The summed E-state index contributed by atoms with van der Waals surface area (Å²) in [5.74, 6) is -1.18. The predicted molar refractivity (Wildman–Crippen MR) is 95.6 cm³/mol. The van der Waals surface area contributed by atoms with E-state index in [-0.39, 0.29) is 36.7 Å². The van der Waals surface area contributed by atoms with Crippen LogP contribution in [0.15, 0.2) is 47.3 Å². The molecule has 0 spiro atoms. The number of nitrogens with zero attached hydrogens (tertiary/aromatic N) is 1. The number of carbonyl (C=O) groups is 3. The van der Waals surface area contributed by atoms with Gasteiger partial charge in [-0.05, 0) is 31.0 Å². The van der Waals surface area contributed by atoms with Crippen molar-refractivity contribution in [3.63, 3.8) is 0 Å². The second-order valence-corrected chi connectivity index (χ2v) is 6.38. The van der Waals surface area contributed by atoms with E-state index < -0.39 is 5.92 Å². The van der Waals surface area contributed by atoms with Crippen molar-refractivity contribution in [1.82, 2.24) is 5.32 Å². The first-order valence-electron chi connectivity index (χ1n) is 8.49. The first kappa shape index (κ1) is 17.7. The Morgan fingerprint density at radius 3 is 2.73 bits per heavy atom. The van der Waals surface area contributed by atoms with Crippen molar-refractivity contribution in [1.29, 1.82) is 0 Å². The Kier molecular flexibility index (Phi) is 5.06. The van der Waals surface area contributed by atoms with Gasteiger partial charge in [0.1, 0.15) is 6.26 Å². The van der Waals surface area contributed by atoms with Gasteiger partial charge < -0.3 is 20.4 Å². The first-order valence-corrected chi connectivity index (χ1v) is 8.49. The number of primary amides is 1. The van der Waals surface area contributed by atoms with Gasteiger partial charge in [-0.1, -0.05) is 18.2 Å². The zero-order valence-electron chi connectivity index (χ0n) is 14.5. The van der Waals surface area contributed by atoms with Gasteiger partial charge in [0.25, 0.3) is 5.91 Å². The highest BCUT2D eigenvalue weighted by atomic mass is 16.3. The molecule has 1 aliphatic heterocycles. The van der Waals surface area contributed by atoms with Crippen LogP contribution in [0.3, 0.4) is 0 Å². The van der Waals surface area contributed by atoms with Gasteiger partial charge in [-0.2, -0.15) is 0 Å². The van der Waals surface area contributed by atoms with E-state index in [0.717, 1.165) is 5.56 Å². The number of benzene rings is 1. The van der Waals surface area contributed by atoms with E-state index in [0.29, 0.717) is 17.7 Å². The Bertz CT molecular complexity index is 816. The quantitative estimate of drug-likeness (QED) is 0.853. The van der Waals surface area contributed by atoms with Crippen LogP contribution in [-0.2, 0) is 9.59 Å². The van der Waals surface area contributed by atoms with Crippen LogP contribution in [0, 0.1) is 0 Å². The number of hydrogen-bond acceptors (Lipinski definition) is 4. The second kappa shape index (κ2) is 7.43. The Labute approximate surface area is 151 Å². The topological polar surface area (TPSA) is 106 Å². The lowest BCUT2D eigenvalue weighted by atomic mass is 9.85. The molecule has 0 radical (unpaired) electrons. The molecule has 26 heavy (non-hydrogen) atoms. The molecule has 7 heteroatoms. The van der Waals surface area contributed by atoms with E-state index in [1.807, 2.05) is 31.2 Å². The van der Waals surface area contributed by atoms with Gasteiger partial charge in [-0.15, -0.1) is 0 Å². The molecule has 0 aliphatic carbocycles. The van der Waals surface area contributed by atoms with Gasteiger partial charge in [-0.3, -0.25) is 14.4 Å². The molecule has 136 valence electrons. The van der Waals surface area contributed by atoms with Gasteiger partial charge in [0.2, 0.25) is 11.8 Å². The van der Waals surface area contributed by atoms with Crippen LogP contribution < -0.4 is 16.0 Å². The standard InChI is InChI=1S/C19H21N3O4/c1-12-10-15(18(20)24)14-4-2-3-5-16(14)22(12)17(23)6-8-21-19(25)13-7-9-26-11-13/h2-5,7,9,11-12,15H,6,8,10H2,1H3,(H2,20,24)(H,21,25)/t12-,15+/m0/s1. The van der Waals surface area contributed by atoms with Gasteiger partial charge in [0.15, 0.2) is 0 Å². The van der Waals surface area contributed by atoms with Crippen molar-refractivity contribution in [2.75, 3.05) is 11.4 Å². The monoisotopic (exact) mass is 355 g/mol. The number of rotatable bonds is 5.